The average molecular weight is 178 g/mol. The van der Waals surface area contributed by atoms with E-state index in [2.05, 4.69) is 12.2 Å². The van der Waals surface area contributed by atoms with Crippen LogP contribution in [-0.2, 0) is 9.59 Å². The summed E-state index contributed by atoms with van der Waals surface area (Å²) in [7, 11) is 0. The summed E-state index contributed by atoms with van der Waals surface area (Å²) in [4.78, 5) is 16.7. The molecule has 68 valence electrons. The first kappa shape index (κ1) is 11.2. The van der Waals surface area contributed by atoms with Gasteiger partial charge in [-0.15, -0.1) is 0 Å². The molecule has 0 aromatic heterocycles. The van der Waals surface area contributed by atoms with Crippen LogP contribution >= 0.6 is 0 Å². The van der Waals surface area contributed by atoms with E-state index in [4.69, 9.17) is 20.4 Å². The van der Waals surface area contributed by atoms with Crippen LogP contribution in [0.3, 0.4) is 0 Å². The molecule has 4 heteroatoms. The van der Waals surface area contributed by atoms with E-state index in [1.165, 1.54) is 19.3 Å². The molecule has 2 bridgehead atoms. The molecule has 0 heterocycles. The highest BCUT2D eigenvalue weighted by Crippen LogP contribution is 2.34. The van der Waals surface area contributed by atoms with Crippen LogP contribution in [0.25, 0.3) is 0 Å². The van der Waals surface area contributed by atoms with Crippen molar-refractivity contribution in [2.24, 2.45) is 0 Å². The zero-order chi connectivity index (χ0) is 10.1. The number of rotatable bonds is 0. The highest BCUT2D eigenvalue weighted by molar-refractivity contribution is 5.36. The quantitative estimate of drug-likeness (QED) is 0.438. The molecule has 0 aliphatic heterocycles. The molecule has 0 aromatic carbocycles. The third-order valence-electron chi connectivity index (χ3n) is 1.78. The number of hydrogen-bond donors (Lipinski definition) is 2. The number of isocyanates is 2. The van der Waals surface area contributed by atoms with Crippen molar-refractivity contribution in [1.82, 2.24) is 0 Å². The average Bonchev–Trinajstić information content (AvgIpc) is 2.69. The van der Waals surface area contributed by atoms with E-state index in [0.717, 1.165) is 12.2 Å². The smallest absolute Gasteiger partial charge is 0.222 e. The van der Waals surface area contributed by atoms with Gasteiger partial charge in [0, 0.05) is 0 Å². The lowest BCUT2D eigenvalue weighted by atomic mass is 10.2. The Morgan fingerprint density at radius 2 is 1.31 bits per heavy atom. The maximum atomic E-state index is 8.35. The Bertz CT molecular complexity index is 261. The van der Waals surface area contributed by atoms with Crippen LogP contribution in [-0.4, -0.2) is 12.2 Å². The van der Waals surface area contributed by atoms with Crippen LogP contribution < -0.4 is 0 Å². The summed E-state index contributed by atoms with van der Waals surface area (Å²) in [6.45, 7) is 0. The van der Waals surface area contributed by atoms with Gasteiger partial charge in [-0.25, -0.2) is 20.4 Å². The Labute approximate surface area is 76.0 Å². The highest BCUT2D eigenvalue weighted by atomic mass is 16.1. The van der Waals surface area contributed by atoms with Crippen LogP contribution in [0.1, 0.15) is 19.3 Å². The number of fused-ring (bicyclic) bond motifs is 2. The fourth-order valence-corrected chi connectivity index (χ4v) is 1.31. The molecule has 2 rings (SSSR count). The Kier molecular flexibility index (Phi) is 5.98. The van der Waals surface area contributed by atoms with Crippen molar-refractivity contribution in [3.63, 3.8) is 0 Å². The van der Waals surface area contributed by atoms with Crippen LogP contribution in [0.15, 0.2) is 23.3 Å². The zero-order valence-electron chi connectivity index (χ0n) is 7.09. The lowest BCUT2D eigenvalue weighted by Crippen LogP contribution is -1.67. The highest BCUT2D eigenvalue weighted by Gasteiger charge is 2.14. The van der Waals surface area contributed by atoms with Crippen molar-refractivity contribution in [3.05, 3.63) is 23.3 Å². The molecular formula is C9H10N2O2. The van der Waals surface area contributed by atoms with Crippen molar-refractivity contribution in [3.8, 4) is 0 Å². The van der Waals surface area contributed by atoms with Crippen LogP contribution in [0.4, 0.5) is 0 Å². The van der Waals surface area contributed by atoms with Gasteiger partial charge in [-0.05, 0) is 19.3 Å². The lowest BCUT2D eigenvalue weighted by molar-refractivity contribution is 0.562. The van der Waals surface area contributed by atoms with E-state index in [1.54, 1.807) is 11.1 Å². The largest absolute Gasteiger partial charge is 0.231 e. The van der Waals surface area contributed by atoms with Gasteiger partial charge in [0.25, 0.3) is 0 Å². The molecule has 2 aliphatic rings. The molecule has 2 aliphatic carbocycles. The predicted molar refractivity (Wildman–Crippen MR) is 46.8 cm³/mol. The molecule has 4 nitrogen and oxygen atoms in total. The minimum absolute atomic E-state index is 0.750. The summed E-state index contributed by atoms with van der Waals surface area (Å²) in [5.41, 5.74) is 3.30. The van der Waals surface area contributed by atoms with Crippen molar-refractivity contribution in [1.29, 1.82) is 10.8 Å². The van der Waals surface area contributed by atoms with Gasteiger partial charge in [-0.1, -0.05) is 23.3 Å². The summed E-state index contributed by atoms with van der Waals surface area (Å²) < 4.78 is 0. The van der Waals surface area contributed by atoms with E-state index < -0.39 is 0 Å². The van der Waals surface area contributed by atoms with Gasteiger partial charge in [0.05, 0.1) is 0 Å². The van der Waals surface area contributed by atoms with Gasteiger partial charge < -0.3 is 0 Å². The van der Waals surface area contributed by atoms with E-state index in [0.29, 0.717) is 0 Å². The third-order valence-corrected chi connectivity index (χ3v) is 1.78. The molecule has 1 saturated carbocycles. The van der Waals surface area contributed by atoms with Gasteiger partial charge in [0.1, 0.15) is 0 Å². The van der Waals surface area contributed by atoms with Crippen molar-refractivity contribution in [2.45, 2.75) is 19.3 Å². The standard InChI is InChI=1S/C7H8.2CHNO/c1-2-7-4-3-6(1)5-7;2*2-1-3/h1-2H,3-5H2;2*2H. The number of nitrogens with one attached hydrogen (secondary N) is 2. The van der Waals surface area contributed by atoms with E-state index >= 15 is 0 Å². The second-order valence-electron chi connectivity index (χ2n) is 2.53. The summed E-state index contributed by atoms with van der Waals surface area (Å²) in [6.07, 6.45) is 10.0. The molecule has 0 aromatic rings. The molecule has 0 spiro atoms. The Morgan fingerprint density at radius 1 is 1.00 bits per heavy atom. The van der Waals surface area contributed by atoms with Crippen LogP contribution in [0.5, 0.6) is 0 Å². The fourth-order valence-electron chi connectivity index (χ4n) is 1.31. The second kappa shape index (κ2) is 6.92. The van der Waals surface area contributed by atoms with Gasteiger partial charge in [0.2, 0.25) is 12.2 Å². The van der Waals surface area contributed by atoms with E-state index in [-0.39, 0.29) is 0 Å². The first-order valence-corrected chi connectivity index (χ1v) is 3.73. The molecule has 1 fully saturated rings. The Balaban J connectivity index is 0.000000208. The van der Waals surface area contributed by atoms with Gasteiger partial charge in [-0.3, -0.25) is 0 Å². The number of carbonyl (C=O) groups excluding carboxylic acids is 2. The molecule has 0 radical (unpaired) electrons. The predicted octanol–water partition coefficient (Wildman–Crippen LogP) is 1.84. The molecule has 13 heavy (non-hydrogen) atoms. The maximum absolute atomic E-state index is 8.35. The lowest BCUT2D eigenvalue weighted by Gasteiger charge is -1.87. The first-order valence-electron chi connectivity index (χ1n) is 3.73. The van der Waals surface area contributed by atoms with Crippen molar-refractivity contribution >= 4 is 12.2 Å². The summed E-state index contributed by atoms with van der Waals surface area (Å²) in [6, 6.07) is 0. The minimum Gasteiger partial charge on any atom is -0.222 e. The van der Waals surface area contributed by atoms with Gasteiger partial charge in [0.15, 0.2) is 0 Å². The first-order chi connectivity index (χ1) is 6.28. The monoisotopic (exact) mass is 178 g/mol. The van der Waals surface area contributed by atoms with E-state index in [1.807, 2.05) is 0 Å². The third kappa shape index (κ3) is 4.64. The van der Waals surface area contributed by atoms with Crippen molar-refractivity contribution < 1.29 is 9.59 Å². The van der Waals surface area contributed by atoms with Crippen molar-refractivity contribution in [2.75, 3.05) is 0 Å². The minimum atomic E-state index is 0.750. The zero-order valence-corrected chi connectivity index (χ0v) is 7.09. The second-order valence-corrected chi connectivity index (χ2v) is 2.53. The summed E-state index contributed by atoms with van der Waals surface area (Å²) >= 11 is 0. The molecule has 2 N–H and O–H groups in total. The SMILES string of the molecule is C1=C2CCC(=C1)C2.N=C=O.N=C=O. The molecule has 0 atom stereocenters. The number of allylic oxidation sites excluding steroid dienone is 4. The molecule has 0 saturated heterocycles. The summed E-state index contributed by atoms with van der Waals surface area (Å²) in [5.74, 6) is 0. The Morgan fingerprint density at radius 3 is 1.38 bits per heavy atom. The topological polar surface area (TPSA) is 81.8 Å². The normalized spacial score (nSPS) is 14.8. The molecule has 0 unspecified atom stereocenters. The summed E-state index contributed by atoms with van der Waals surface area (Å²) in [5, 5.41) is 10.8. The number of hydrogen-bond acceptors (Lipinski definition) is 4. The molecule has 0 amide bonds. The Hall–Kier alpha value is -1.76. The van der Waals surface area contributed by atoms with E-state index in [9.17, 15) is 0 Å². The van der Waals surface area contributed by atoms with Gasteiger partial charge in [-0.2, -0.15) is 0 Å². The maximum Gasteiger partial charge on any atom is 0.231 e. The molecular weight excluding hydrogens is 168 g/mol. The van der Waals surface area contributed by atoms with Crippen LogP contribution in [0.2, 0.25) is 0 Å². The van der Waals surface area contributed by atoms with Crippen LogP contribution in [0, 0.1) is 10.8 Å². The van der Waals surface area contributed by atoms with Gasteiger partial charge >= 0.3 is 0 Å². The fraction of sp³-hybridized carbons (Fsp3) is 0.333.